The average Bonchev–Trinajstić information content (AvgIpc) is 2.55. The Morgan fingerprint density at radius 1 is 1.00 bits per heavy atom. The lowest BCUT2D eigenvalue weighted by Gasteiger charge is -2.11. The lowest BCUT2D eigenvalue weighted by atomic mass is 10.2. The van der Waals surface area contributed by atoms with E-state index in [9.17, 15) is 21.6 Å². The van der Waals surface area contributed by atoms with Gasteiger partial charge in [0.2, 0.25) is 10.0 Å². The summed E-state index contributed by atoms with van der Waals surface area (Å²) in [5, 5.41) is 0.0247. The molecule has 0 radical (unpaired) electrons. The van der Waals surface area contributed by atoms with Gasteiger partial charge in [0.1, 0.15) is 0 Å². The Kier molecular flexibility index (Phi) is 5.79. The number of carbonyl (C=O) groups excluding carboxylic acids is 1. The summed E-state index contributed by atoms with van der Waals surface area (Å²) in [7, 11) is -6.22. The van der Waals surface area contributed by atoms with Crippen molar-refractivity contribution in [3.63, 3.8) is 0 Å². The molecular formula is C15H15ClN2O6S2. The number of hydrogen-bond donors (Lipinski definition) is 2. The number of rotatable bonds is 6. The maximum absolute atomic E-state index is 12.4. The monoisotopic (exact) mass is 418 g/mol. The van der Waals surface area contributed by atoms with Crippen LogP contribution in [-0.2, 0) is 24.8 Å². The van der Waals surface area contributed by atoms with Crippen LogP contribution in [0.5, 0.6) is 0 Å². The zero-order valence-electron chi connectivity index (χ0n) is 13.7. The second kappa shape index (κ2) is 7.52. The largest absolute Gasteiger partial charge is 0.465 e. The number of benzene rings is 2. The molecule has 0 aliphatic carbocycles. The zero-order chi connectivity index (χ0) is 19.5. The van der Waals surface area contributed by atoms with E-state index in [-0.39, 0.29) is 26.9 Å². The molecule has 0 heterocycles. The molecule has 0 saturated carbocycles. The van der Waals surface area contributed by atoms with E-state index in [0.717, 1.165) is 6.26 Å². The predicted molar refractivity (Wildman–Crippen MR) is 98.5 cm³/mol. The van der Waals surface area contributed by atoms with Gasteiger partial charge >= 0.3 is 5.97 Å². The number of hydrogen-bond acceptors (Lipinski definition) is 6. The minimum absolute atomic E-state index is 0.0247. The summed E-state index contributed by atoms with van der Waals surface area (Å²) in [4.78, 5) is 11.3. The Morgan fingerprint density at radius 3 is 2.12 bits per heavy atom. The number of ether oxygens (including phenoxy) is 1. The number of nitrogens with one attached hydrogen (secondary N) is 2. The maximum Gasteiger partial charge on any atom is 0.337 e. The molecule has 0 amide bonds. The summed E-state index contributed by atoms with van der Waals surface area (Å²) >= 11 is 5.97. The number of sulfonamides is 2. The first-order valence-electron chi connectivity index (χ1n) is 7.00. The average molecular weight is 419 g/mol. The highest BCUT2D eigenvalue weighted by Gasteiger charge is 2.16. The third-order valence-corrected chi connectivity index (χ3v) is 5.40. The van der Waals surface area contributed by atoms with Gasteiger partial charge < -0.3 is 4.74 Å². The molecule has 2 aromatic rings. The first-order valence-corrected chi connectivity index (χ1v) is 10.8. The molecule has 0 aliphatic heterocycles. The fourth-order valence-corrected chi connectivity index (χ4v) is 3.87. The fraction of sp³-hybridized carbons (Fsp3) is 0.133. The van der Waals surface area contributed by atoms with Crippen molar-refractivity contribution < 1.29 is 26.4 Å². The van der Waals surface area contributed by atoms with Crippen LogP contribution in [-0.4, -0.2) is 36.2 Å². The Labute approximate surface area is 156 Å². The van der Waals surface area contributed by atoms with E-state index >= 15 is 0 Å². The van der Waals surface area contributed by atoms with Crippen molar-refractivity contribution in [2.45, 2.75) is 4.90 Å². The summed E-state index contributed by atoms with van der Waals surface area (Å²) < 4.78 is 56.3. The quantitative estimate of drug-likeness (QED) is 0.695. The summed E-state index contributed by atoms with van der Waals surface area (Å²) in [5.74, 6) is -0.581. The highest BCUT2D eigenvalue weighted by atomic mass is 35.5. The van der Waals surface area contributed by atoms with Crippen LogP contribution in [0.25, 0.3) is 0 Å². The Bertz CT molecular complexity index is 1030. The zero-order valence-corrected chi connectivity index (χ0v) is 16.1. The Balaban J connectivity index is 2.24. The molecule has 11 heteroatoms. The van der Waals surface area contributed by atoms with Crippen molar-refractivity contribution in [3.05, 3.63) is 53.1 Å². The highest BCUT2D eigenvalue weighted by Crippen LogP contribution is 2.27. The molecule has 2 N–H and O–H groups in total. The molecule has 0 aromatic heterocycles. The van der Waals surface area contributed by atoms with Crippen LogP contribution in [0.2, 0.25) is 5.02 Å². The molecule has 26 heavy (non-hydrogen) atoms. The first kappa shape index (κ1) is 20.0. The maximum atomic E-state index is 12.4. The molecule has 0 fully saturated rings. The number of esters is 1. The normalized spacial score (nSPS) is 11.7. The van der Waals surface area contributed by atoms with Crippen molar-refractivity contribution in [1.29, 1.82) is 0 Å². The molecule has 0 unspecified atom stereocenters. The van der Waals surface area contributed by atoms with Gasteiger partial charge in [-0.2, -0.15) is 0 Å². The van der Waals surface area contributed by atoms with Gasteiger partial charge in [0.15, 0.2) is 0 Å². The molecule has 140 valence electrons. The lowest BCUT2D eigenvalue weighted by molar-refractivity contribution is 0.0600. The van der Waals surface area contributed by atoms with Crippen molar-refractivity contribution >= 4 is 49.0 Å². The lowest BCUT2D eigenvalue weighted by Crippen LogP contribution is -2.14. The molecule has 0 saturated heterocycles. The van der Waals surface area contributed by atoms with E-state index in [2.05, 4.69) is 14.2 Å². The van der Waals surface area contributed by atoms with Gasteiger partial charge in [0.25, 0.3) is 10.0 Å². The fourth-order valence-electron chi connectivity index (χ4n) is 1.96. The second-order valence-electron chi connectivity index (χ2n) is 5.19. The van der Waals surface area contributed by atoms with Crippen molar-refractivity contribution in [3.8, 4) is 0 Å². The summed E-state index contributed by atoms with van der Waals surface area (Å²) in [6.45, 7) is 0. The van der Waals surface area contributed by atoms with Crippen LogP contribution in [0.15, 0.2) is 47.4 Å². The summed E-state index contributed by atoms with van der Waals surface area (Å²) in [5.41, 5.74) is 0.483. The number of methoxy groups -OCH3 is 1. The van der Waals surface area contributed by atoms with Gasteiger partial charge in [-0.3, -0.25) is 9.44 Å². The van der Waals surface area contributed by atoms with Crippen molar-refractivity contribution in [2.75, 3.05) is 22.8 Å². The van der Waals surface area contributed by atoms with Gasteiger partial charge in [0, 0.05) is 0 Å². The van der Waals surface area contributed by atoms with Gasteiger partial charge in [-0.1, -0.05) is 11.6 Å². The third-order valence-electron chi connectivity index (χ3n) is 3.10. The van der Waals surface area contributed by atoms with Gasteiger partial charge in [-0.25, -0.2) is 21.6 Å². The SMILES string of the molecule is COC(=O)c1ccc(S(=O)(=O)Nc2ccc(NS(C)(=O)=O)c(Cl)c2)cc1. The third kappa shape index (κ3) is 5.10. The standard InChI is InChI=1S/C15H15ClN2O6S2/c1-24-15(19)10-3-6-12(7-4-10)26(22,23)17-11-5-8-14(13(16)9-11)18-25(2,20)21/h3-9,17-18H,1-2H3. The molecule has 2 rings (SSSR count). The van der Waals surface area contributed by atoms with E-state index in [1.54, 1.807) is 0 Å². The molecule has 8 nitrogen and oxygen atoms in total. The topological polar surface area (TPSA) is 119 Å². The Morgan fingerprint density at radius 2 is 1.62 bits per heavy atom. The van der Waals surface area contributed by atoms with Crippen molar-refractivity contribution in [1.82, 2.24) is 0 Å². The van der Waals surface area contributed by atoms with E-state index in [0.29, 0.717) is 0 Å². The van der Waals surface area contributed by atoms with Gasteiger partial charge in [-0.05, 0) is 42.5 Å². The number of halogens is 1. The van der Waals surface area contributed by atoms with Gasteiger partial charge in [0.05, 0.1) is 40.2 Å². The van der Waals surface area contributed by atoms with Crippen molar-refractivity contribution in [2.24, 2.45) is 0 Å². The smallest absolute Gasteiger partial charge is 0.337 e. The first-order chi connectivity index (χ1) is 12.0. The molecule has 0 bridgehead atoms. The second-order valence-corrected chi connectivity index (χ2v) is 9.03. The van der Waals surface area contributed by atoms with Crippen LogP contribution in [0.3, 0.4) is 0 Å². The van der Waals surface area contributed by atoms with Gasteiger partial charge in [-0.15, -0.1) is 0 Å². The molecular weight excluding hydrogens is 404 g/mol. The van der Waals surface area contributed by atoms with Crippen LogP contribution >= 0.6 is 11.6 Å². The number of carbonyl (C=O) groups is 1. The van der Waals surface area contributed by atoms with Crippen LogP contribution in [0.1, 0.15) is 10.4 Å². The minimum atomic E-state index is -3.93. The molecule has 0 atom stereocenters. The predicted octanol–water partition coefficient (Wildman–Crippen LogP) is 2.30. The van der Waals surface area contributed by atoms with Crippen LogP contribution < -0.4 is 9.44 Å². The van der Waals surface area contributed by atoms with E-state index in [4.69, 9.17) is 11.6 Å². The van der Waals surface area contributed by atoms with Crippen LogP contribution in [0, 0.1) is 0 Å². The molecule has 2 aromatic carbocycles. The highest BCUT2D eigenvalue weighted by molar-refractivity contribution is 7.92. The summed E-state index contributed by atoms with van der Waals surface area (Å²) in [6.07, 6.45) is 0.970. The molecule has 0 spiro atoms. The minimum Gasteiger partial charge on any atom is -0.465 e. The van der Waals surface area contributed by atoms with E-state index < -0.39 is 26.0 Å². The summed E-state index contributed by atoms with van der Waals surface area (Å²) in [6, 6.07) is 9.14. The Hall–Kier alpha value is -2.30. The number of anilines is 2. The van der Waals surface area contributed by atoms with E-state index in [1.165, 1.54) is 49.6 Å². The molecule has 0 aliphatic rings. The van der Waals surface area contributed by atoms with E-state index in [1.807, 2.05) is 0 Å². The van der Waals surface area contributed by atoms with Crippen LogP contribution in [0.4, 0.5) is 11.4 Å².